The van der Waals surface area contributed by atoms with Crippen LogP contribution in [0.2, 0.25) is 0 Å². The summed E-state index contributed by atoms with van der Waals surface area (Å²) in [5.41, 5.74) is 1.98. The molecular weight excluding hydrogens is 341 g/mol. The van der Waals surface area contributed by atoms with Crippen LogP contribution in [0.5, 0.6) is 0 Å². The highest BCUT2D eigenvalue weighted by atomic mass is 19.1. The zero-order valence-corrected chi connectivity index (χ0v) is 13.8. The number of carbonyl (C=O) groups excluding carboxylic acids is 1. The quantitative estimate of drug-likeness (QED) is 0.772. The molecule has 0 spiro atoms. The van der Waals surface area contributed by atoms with Crippen molar-refractivity contribution in [3.05, 3.63) is 54.0 Å². The summed E-state index contributed by atoms with van der Waals surface area (Å²) in [5.74, 6) is 0.267. The minimum absolute atomic E-state index is 0.0847. The lowest BCUT2D eigenvalue weighted by molar-refractivity contribution is -0.0330. The van der Waals surface area contributed by atoms with Gasteiger partial charge in [-0.15, -0.1) is 0 Å². The Morgan fingerprint density at radius 3 is 3.04 bits per heavy atom. The van der Waals surface area contributed by atoms with Crippen molar-refractivity contribution in [2.24, 2.45) is 0 Å². The Bertz CT molecular complexity index is 881. The van der Waals surface area contributed by atoms with Gasteiger partial charge >= 0.3 is 6.09 Å². The van der Waals surface area contributed by atoms with Crippen molar-refractivity contribution in [2.75, 3.05) is 19.7 Å². The average molecular weight is 357 g/mol. The number of ether oxygens (including phenoxy) is 2. The van der Waals surface area contributed by atoms with Crippen molar-refractivity contribution in [1.29, 1.82) is 0 Å². The third-order valence-corrected chi connectivity index (χ3v) is 4.09. The number of fused-ring (bicyclic) bond motifs is 1. The Kier molecular flexibility index (Phi) is 4.44. The molecule has 0 radical (unpaired) electrons. The molecule has 8 nitrogen and oxygen atoms in total. The zero-order chi connectivity index (χ0) is 17.9. The molecule has 2 aromatic heterocycles. The number of aromatic amines is 1. The maximum atomic E-state index is 12.9. The summed E-state index contributed by atoms with van der Waals surface area (Å²) < 4.78 is 23.9. The Morgan fingerprint density at radius 2 is 2.23 bits per heavy atom. The van der Waals surface area contributed by atoms with Gasteiger partial charge in [-0.1, -0.05) is 12.1 Å². The molecule has 0 bridgehead atoms. The van der Waals surface area contributed by atoms with E-state index < -0.39 is 12.2 Å². The molecule has 1 atom stereocenters. The lowest BCUT2D eigenvalue weighted by Gasteiger charge is -2.31. The third-order valence-electron chi connectivity index (χ3n) is 4.09. The molecule has 3 heterocycles. The number of amides is 1. The van der Waals surface area contributed by atoms with Crippen LogP contribution in [0.15, 0.2) is 36.8 Å². The van der Waals surface area contributed by atoms with E-state index in [0.717, 1.165) is 5.56 Å². The maximum absolute atomic E-state index is 12.9. The van der Waals surface area contributed by atoms with Gasteiger partial charge in [-0.05, 0) is 17.7 Å². The number of morpholine rings is 1. The van der Waals surface area contributed by atoms with Crippen molar-refractivity contribution in [3.63, 3.8) is 0 Å². The van der Waals surface area contributed by atoms with E-state index in [2.05, 4.69) is 19.9 Å². The monoisotopic (exact) mass is 357 g/mol. The van der Waals surface area contributed by atoms with E-state index in [-0.39, 0.29) is 12.4 Å². The molecular formula is C17H16FN5O3. The fraction of sp³-hybridized carbons (Fsp3) is 0.294. The second-order valence-electron chi connectivity index (χ2n) is 5.87. The third kappa shape index (κ3) is 3.47. The zero-order valence-electron chi connectivity index (χ0n) is 13.8. The predicted molar refractivity (Wildman–Crippen MR) is 88.5 cm³/mol. The summed E-state index contributed by atoms with van der Waals surface area (Å²) in [7, 11) is 0. The normalized spacial score (nSPS) is 17.4. The number of nitrogens with one attached hydrogen (secondary N) is 1. The van der Waals surface area contributed by atoms with Gasteiger partial charge in [0, 0.05) is 6.54 Å². The highest BCUT2D eigenvalue weighted by molar-refractivity contribution is 5.69. The van der Waals surface area contributed by atoms with E-state index in [0.29, 0.717) is 36.7 Å². The first kappa shape index (κ1) is 16.4. The fourth-order valence-corrected chi connectivity index (χ4v) is 2.73. The predicted octanol–water partition coefficient (Wildman–Crippen LogP) is 2.20. The Hall–Kier alpha value is -3.07. The van der Waals surface area contributed by atoms with Crippen LogP contribution in [-0.2, 0) is 16.1 Å². The number of hydrogen-bond donors (Lipinski definition) is 1. The molecule has 1 aliphatic rings. The Labute approximate surface area is 148 Å². The van der Waals surface area contributed by atoms with Crippen LogP contribution < -0.4 is 0 Å². The van der Waals surface area contributed by atoms with Gasteiger partial charge in [0.2, 0.25) is 0 Å². The SMILES string of the molecule is O=C(OCc1ccc(F)cc1)N1CCOC(c2nc3ncncc3[nH]2)C1. The summed E-state index contributed by atoms with van der Waals surface area (Å²) in [5, 5.41) is 0. The van der Waals surface area contributed by atoms with Crippen molar-refractivity contribution in [3.8, 4) is 0 Å². The Balaban J connectivity index is 1.39. The van der Waals surface area contributed by atoms with Crippen LogP contribution in [0.4, 0.5) is 9.18 Å². The molecule has 0 aliphatic carbocycles. The standard InChI is InChI=1S/C17H16FN5O3/c18-12-3-1-11(2-4-12)9-26-17(24)23-5-6-25-14(8-23)16-21-13-7-19-10-20-15(13)22-16/h1-4,7,10,14H,5-6,8-9H2,(H,19,20,21,22). The first-order valence-corrected chi connectivity index (χ1v) is 8.12. The molecule has 1 aliphatic heterocycles. The molecule has 0 saturated carbocycles. The number of imidazole rings is 1. The van der Waals surface area contributed by atoms with E-state index in [4.69, 9.17) is 9.47 Å². The van der Waals surface area contributed by atoms with E-state index in [1.54, 1.807) is 23.2 Å². The van der Waals surface area contributed by atoms with Gasteiger partial charge in [0.15, 0.2) is 5.65 Å². The largest absolute Gasteiger partial charge is 0.445 e. The van der Waals surface area contributed by atoms with E-state index >= 15 is 0 Å². The van der Waals surface area contributed by atoms with Crippen LogP contribution in [0.3, 0.4) is 0 Å². The lowest BCUT2D eigenvalue weighted by atomic mass is 10.2. The molecule has 134 valence electrons. The molecule has 1 unspecified atom stereocenters. The van der Waals surface area contributed by atoms with Crippen molar-refractivity contribution < 1.29 is 18.7 Å². The van der Waals surface area contributed by atoms with Crippen molar-refractivity contribution in [1.82, 2.24) is 24.8 Å². The van der Waals surface area contributed by atoms with E-state index in [9.17, 15) is 9.18 Å². The smallest absolute Gasteiger partial charge is 0.410 e. The van der Waals surface area contributed by atoms with Crippen LogP contribution in [0.25, 0.3) is 11.2 Å². The molecule has 4 rings (SSSR count). The number of carbonyl (C=O) groups is 1. The lowest BCUT2D eigenvalue weighted by Crippen LogP contribution is -2.42. The van der Waals surface area contributed by atoms with Gasteiger partial charge in [-0.2, -0.15) is 0 Å². The second kappa shape index (κ2) is 7.04. The van der Waals surface area contributed by atoms with Gasteiger partial charge in [0.05, 0.1) is 19.3 Å². The first-order valence-electron chi connectivity index (χ1n) is 8.12. The summed E-state index contributed by atoms with van der Waals surface area (Å²) in [6.45, 7) is 1.20. The molecule has 1 fully saturated rings. The fourth-order valence-electron chi connectivity index (χ4n) is 2.73. The van der Waals surface area contributed by atoms with E-state index in [1.165, 1.54) is 18.5 Å². The van der Waals surface area contributed by atoms with Crippen LogP contribution >= 0.6 is 0 Å². The number of hydrogen-bond acceptors (Lipinski definition) is 6. The number of rotatable bonds is 3. The molecule has 3 aromatic rings. The number of nitrogens with zero attached hydrogens (tertiary/aromatic N) is 4. The minimum Gasteiger partial charge on any atom is -0.445 e. The van der Waals surface area contributed by atoms with Gasteiger partial charge in [0.25, 0.3) is 0 Å². The van der Waals surface area contributed by atoms with Gasteiger partial charge in [-0.3, -0.25) is 0 Å². The van der Waals surface area contributed by atoms with Gasteiger partial charge in [-0.25, -0.2) is 24.1 Å². The first-order chi connectivity index (χ1) is 12.7. The molecule has 1 N–H and O–H groups in total. The highest BCUT2D eigenvalue weighted by Gasteiger charge is 2.28. The van der Waals surface area contributed by atoms with Crippen LogP contribution in [-0.4, -0.2) is 50.6 Å². The average Bonchev–Trinajstić information content (AvgIpc) is 3.12. The number of benzene rings is 1. The van der Waals surface area contributed by atoms with Gasteiger partial charge in [0.1, 0.15) is 36.2 Å². The molecule has 1 aromatic carbocycles. The van der Waals surface area contributed by atoms with Crippen LogP contribution in [0.1, 0.15) is 17.5 Å². The minimum atomic E-state index is -0.446. The molecule has 26 heavy (non-hydrogen) atoms. The Morgan fingerprint density at radius 1 is 1.38 bits per heavy atom. The molecule has 1 saturated heterocycles. The van der Waals surface area contributed by atoms with Crippen LogP contribution in [0, 0.1) is 5.82 Å². The van der Waals surface area contributed by atoms with Crippen molar-refractivity contribution in [2.45, 2.75) is 12.7 Å². The number of aromatic nitrogens is 4. The number of H-pyrrole nitrogens is 1. The van der Waals surface area contributed by atoms with Crippen molar-refractivity contribution >= 4 is 17.3 Å². The maximum Gasteiger partial charge on any atom is 0.410 e. The second-order valence-corrected chi connectivity index (χ2v) is 5.87. The van der Waals surface area contributed by atoms with E-state index in [1.807, 2.05) is 0 Å². The van der Waals surface area contributed by atoms with Gasteiger partial charge < -0.3 is 19.4 Å². The molecule has 9 heteroatoms. The number of halogens is 1. The molecule has 1 amide bonds. The highest BCUT2D eigenvalue weighted by Crippen LogP contribution is 2.22. The summed E-state index contributed by atoms with van der Waals surface area (Å²) in [6.07, 6.45) is 2.22. The topological polar surface area (TPSA) is 93.2 Å². The summed E-state index contributed by atoms with van der Waals surface area (Å²) in [6, 6.07) is 5.83. The summed E-state index contributed by atoms with van der Waals surface area (Å²) >= 11 is 0. The summed E-state index contributed by atoms with van der Waals surface area (Å²) in [4.78, 5) is 29.4.